The first-order valence-electron chi connectivity index (χ1n) is 5.73. The van der Waals surface area contributed by atoms with Crippen LogP contribution in [0.2, 0.25) is 0 Å². The second-order valence-electron chi connectivity index (χ2n) is 3.95. The van der Waals surface area contributed by atoms with Crippen LogP contribution in [-0.2, 0) is 0 Å². The van der Waals surface area contributed by atoms with Crippen molar-refractivity contribution in [2.45, 2.75) is 19.9 Å². The Hall–Kier alpha value is -1.13. The molecule has 0 spiro atoms. The van der Waals surface area contributed by atoms with Gasteiger partial charge in [0.1, 0.15) is 0 Å². The molecule has 90 valence electrons. The van der Waals surface area contributed by atoms with Crippen LogP contribution in [0.1, 0.15) is 25.5 Å². The van der Waals surface area contributed by atoms with E-state index in [0.29, 0.717) is 6.04 Å². The largest absolute Gasteiger partial charge is 0.310 e. The lowest BCUT2D eigenvalue weighted by molar-refractivity contribution is 0.595. The molecule has 1 aromatic heterocycles. The van der Waals surface area contributed by atoms with Crippen LogP contribution in [0, 0.1) is 0 Å². The Morgan fingerprint density at radius 2 is 2.29 bits per heavy atom. The summed E-state index contributed by atoms with van der Waals surface area (Å²) in [6, 6.07) is 6.63. The van der Waals surface area contributed by atoms with E-state index in [0.717, 1.165) is 11.0 Å². The molecule has 2 rings (SSSR count). The maximum Gasteiger partial charge on any atom is 0.0991 e. The molecule has 0 bridgehead atoms. The van der Waals surface area contributed by atoms with Crippen molar-refractivity contribution < 1.29 is 0 Å². The van der Waals surface area contributed by atoms with Crippen LogP contribution >= 0.6 is 15.9 Å². The minimum Gasteiger partial charge on any atom is -0.310 e. The van der Waals surface area contributed by atoms with Gasteiger partial charge in [-0.1, -0.05) is 22.9 Å². The Morgan fingerprint density at radius 3 is 2.94 bits per heavy atom. The average Bonchev–Trinajstić information content (AvgIpc) is 2.82. The summed E-state index contributed by atoms with van der Waals surface area (Å²) in [5.41, 5.74) is 2.43. The van der Waals surface area contributed by atoms with Crippen molar-refractivity contribution in [3.05, 3.63) is 47.0 Å². The van der Waals surface area contributed by atoms with E-state index in [1.807, 2.05) is 17.1 Å². The van der Waals surface area contributed by atoms with Crippen LogP contribution in [-0.4, -0.2) is 16.1 Å². The number of hydrogen-bond acceptors (Lipinski definition) is 2. The molecule has 0 saturated carbocycles. The Kier molecular flexibility index (Phi) is 3.97. The van der Waals surface area contributed by atoms with Crippen molar-refractivity contribution in [3.8, 4) is 5.69 Å². The fraction of sp³-hybridized carbons (Fsp3) is 0.308. The van der Waals surface area contributed by atoms with E-state index in [1.54, 1.807) is 6.20 Å². The third kappa shape index (κ3) is 2.76. The van der Waals surface area contributed by atoms with Crippen molar-refractivity contribution in [2.24, 2.45) is 0 Å². The monoisotopic (exact) mass is 293 g/mol. The van der Waals surface area contributed by atoms with Crippen molar-refractivity contribution >= 4 is 15.9 Å². The number of nitrogens with zero attached hydrogens (tertiary/aromatic N) is 2. The predicted molar refractivity (Wildman–Crippen MR) is 73.4 cm³/mol. The van der Waals surface area contributed by atoms with E-state index in [2.05, 4.69) is 58.3 Å². The van der Waals surface area contributed by atoms with E-state index in [1.165, 1.54) is 11.3 Å². The first-order chi connectivity index (χ1) is 8.22. The van der Waals surface area contributed by atoms with Crippen molar-refractivity contribution in [1.29, 1.82) is 0 Å². The van der Waals surface area contributed by atoms with E-state index < -0.39 is 0 Å². The van der Waals surface area contributed by atoms with Crippen LogP contribution in [0.3, 0.4) is 0 Å². The first-order valence-corrected chi connectivity index (χ1v) is 6.53. The highest BCUT2D eigenvalue weighted by Gasteiger charge is 2.11. The number of halogens is 1. The second kappa shape index (κ2) is 5.47. The van der Waals surface area contributed by atoms with Gasteiger partial charge >= 0.3 is 0 Å². The molecule has 1 unspecified atom stereocenters. The Balaban J connectivity index is 2.44. The lowest BCUT2D eigenvalue weighted by Gasteiger charge is -2.18. The van der Waals surface area contributed by atoms with Gasteiger partial charge in [-0.25, -0.2) is 4.98 Å². The standard InChI is InChI=1S/C13H16BrN3/c1-3-16-10(2)12-8-11(14)4-5-13(12)17-7-6-15-9-17/h4-10,16H,3H2,1-2H3. The molecule has 1 N–H and O–H groups in total. The van der Waals surface area contributed by atoms with Gasteiger partial charge in [0.25, 0.3) is 0 Å². The molecule has 17 heavy (non-hydrogen) atoms. The first kappa shape index (κ1) is 12.3. The van der Waals surface area contributed by atoms with Gasteiger partial charge in [-0.2, -0.15) is 0 Å². The SMILES string of the molecule is CCNC(C)c1cc(Br)ccc1-n1ccnc1. The third-order valence-electron chi connectivity index (χ3n) is 2.75. The number of aromatic nitrogens is 2. The molecule has 1 atom stereocenters. The Morgan fingerprint density at radius 1 is 1.47 bits per heavy atom. The summed E-state index contributed by atoms with van der Waals surface area (Å²) in [5.74, 6) is 0. The summed E-state index contributed by atoms with van der Waals surface area (Å²) in [6.45, 7) is 5.24. The van der Waals surface area contributed by atoms with Crippen LogP contribution in [0.25, 0.3) is 5.69 Å². The topological polar surface area (TPSA) is 29.9 Å². The van der Waals surface area contributed by atoms with Gasteiger partial charge in [0.05, 0.1) is 12.0 Å². The zero-order valence-electron chi connectivity index (χ0n) is 10.0. The zero-order chi connectivity index (χ0) is 12.3. The quantitative estimate of drug-likeness (QED) is 0.937. The molecular weight excluding hydrogens is 278 g/mol. The summed E-state index contributed by atoms with van der Waals surface area (Å²) in [7, 11) is 0. The molecule has 0 aliphatic rings. The van der Waals surface area contributed by atoms with Gasteiger partial charge in [-0.15, -0.1) is 0 Å². The van der Waals surface area contributed by atoms with E-state index in [9.17, 15) is 0 Å². The molecule has 2 aromatic rings. The normalized spacial score (nSPS) is 12.6. The number of imidazole rings is 1. The molecule has 0 amide bonds. The van der Waals surface area contributed by atoms with E-state index in [-0.39, 0.29) is 0 Å². The molecule has 0 fully saturated rings. The Labute approximate surface area is 110 Å². The predicted octanol–water partition coefficient (Wildman–Crippen LogP) is 3.31. The van der Waals surface area contributed by atoms with Gasteiger partial charge in [0, 0.05) is 22.9 Å². The molecule has 0 aliphatic carbocycles. The average molecular weight is 294 g/mol. The summed E-state index contributed by atoms with van der Waals surface area (Å²) < 4.78 is 3.14. The molecule has 0 saturated heterocycles. The Bertz CT molecular complexity index is 479. The molecule has 3 nitrogen and oxygen atoms in total. The van der Waals surface area contributed by atoms with Gasteiger partial charge in [0.2, 0.25) is 0 Å². The summed E-state index contributed by atoms with van der Waals surface area (Å²) in [4.78, 5) is 4.10. The molecule has 0 aliphatic heterocycles. The van der Waals surface area contributed by atoms with Crippen LogP contribution < -0.4 is 5.32 Å². The summed E-state index contributed by atoms with van der Waals surface area (Å²) in [5, 5.41) is 3.44. The van der Waals surface area contributed by atoms with Gasteiger partial charge in [0.15, 0.2) is 0 Å². The van der Waals surface area contributed by atoms with Crippen LogP contribution in [0.5, 0.6) is 0 Å². The molecular formula is C13H16BrN3. The number of benzene rings is 1. The highest BCUT2D eigenvalue weighted by molar-refractivity contribution is 9.10. The zero-order valence-corrected chi connectivity index (χ0v) is 11.6. The van der Waals surface area contributed by atoms with Gasteiger partial charge in [-0.05, 0) is 37.2 Å². The fourth-order valence-corrected chi connectivity index (χ4v) is 2.30. The van der Waals surface area contributed by atoms with Crippen molar-refractivity contribution in [2.75, 3.05) is 6.54 Å². The highest BCUT2D eigenvalue weighted by Crippen LogP contribution is 2.25. The van der Waals surface area contributed by atoms with Gasteiger partial charge in [-0.3, -0.25) is 0 Å². The highest BCUT2D eigenvalue weighted by atomic mass is 79.9. The van der Waals surface area contributed by atoms with E-state index >= 15 is 0 Å². The lowest BCUT2D eigenvalue weighted by Crippen LogP contribution is -2.19. The van der Waals surface area contributed by atoms with Gasteiger partial charge < -0.3 is 9.88 Å². The number of nitrogens with one attached hydrogen (secondary N) is 1. The van der Waals surface area contributed by atoms with Crippen LogP contribution in [0.15, 0.2) is 41.4 Å². The van der Waals surface area contributed by atoms with Crippen LogP contribution in [0.4, 0.5) is 0 Å². The van der Waals surface area contributed by atoms with Crippen molar-refractivity contribution in [3.63, 3.8) is 0 Å². The smallest absolute Gasteiger partial charge is 0.0991 e. The number of rotatable bonds is 4. The van der Waals surface area contributed by atoms with E-state index in [4.69, 9.17) is 0 Å². The minimum atomic E-state index is 0.315. The third-order valence-corrected chi connectivity index (χ3v) is 3.24. The molecule has 4 heteroatoms. The molecule has 1 heterocycles. The maximum absolute atomic E-state index is 4.10. The molecule has 1 aromatic carbocycles. The maximum atomic E-state index is 4.10. The summed E-state index contributed by atoms with van der Waals surface area (Å²) in [6.07, 6.45) is 5.58. The minimum absolute atomic E-state index is 0.315. The second-order valence-corrected chi connectivity index (χ2v) is 4.87. The lowest BCUT2D eigenvalue weighted by atomic mass is 10.1. The fourth-order valence-electron chi connectivity index (χ4n) is 1.93. The number of hydrogen-bond donors (Lipinski definition) is 1. The summed E-state index contributed by atoms with van der Waals surface area (Å²) >= 11 is 3.53. The van der Waals surface area contributed by atoms with Crippen molar-refractivity contribution in [1.82, 2.24) is 14.9 Å². The molecule has 0 radical (unpaired) electrons.